The molecule has 8 rings (SSSR count). The monoisotopic (exact) mass is 522 g/mol. The Morgan fingerprint density at radius 2 is 0.976 bits per heavy atom. The van der Waals surface area contributed by atoms with Crippen molar-refractivity contribution < 1.29 is 0 Å². The van der Waals surface area contributed by atoms with Crippen LogP contribution in [0.5, 0.6) is 0 Å². The number of nitrogens with zero attached hydrogens (tertiary/aromatic N) is 2. The summed E-state index contributed by atoms with van der Waals surface area (Å²) >= 11 is 0. The summed E-state index contributed by atoms with van der Waals surface area (Å²) in [5, 5.41) is 5.13. The molecule has 0 spiro atoms. The first-order valence-corrected chi connectivity index (χ1v) is 14.0. The van der Waals surface area contributed by atoms with Crippen LogP contribution in [0.2, 0.25) is 0 Å². The quantitative estimate of drug-likeness (QED) is 0.225. The summed E-state index contributed by atoms with van der Waals surface area (Å²) in [4.78, 5) is 5.05. The summed E-state index contributed by atoms with van der Waals surface area (Å²) in [6, 6.07) is 56.0. The molecule has 6 aromatic carbocycles. The van der Waals surface area contributed by atoms with Gasteiger partial charge in [0.25, 0.3) is 0 Å². The summed E-state index contributed by atoms with van der Waals surface area (Å²) < 4.78 is 2.39. The highest BCUT2D eigenvalue weighted by Crippen LogP contribution is 2.37. The number of fused-ring (bicyclic) bond motifs is 5. The molecule has 2 heterocycles. The second kappa shape index (κ2) is 9.62. The molecule has 0 bridgehead atoms. The van der Waals surface area contributed by atoms with Gasteiger partial charge in [-0.2, -0.15) is 0 Å². The van der Waals surface area contributed by atoms with Gasteiger partial charge in [0.2, 0.25) is 0 Å². The molecule has 2 heteroatoms. The maximum absolute atomic E-state index is 5.05. The van der Waals surface area contributed by atoms with Crippen LogP contribution in [0, 0.1) is 0 Å². The second-order valence-corrected chi connectivity index (χ2v) is 10.4. The van der Waals surface area contributed by atoms with Crippen LogP contribution < -0.4 is 0 Å². The summed E-state index contributed by atoms with van der Waals surface area (Å²) in [5.74, 6) is 0. The molecule has 0 amide bonds. The minimum absolute atomic E-state index is 0.973. The molecule has 2 aromatic heterocycles. The smallest absolute Gasteiger partial charge is 0.0715 e. The summed E-state index contributed by atoms with van der Waals surface area (Å²) in [7, 11) is 0. The lowest BCUT2D eigenvalue weighted by Crippen LogP contribution is -1.94. The first kappa shape index (κ1) is 23.4. The zero-order chi connectivity index (χ0) is 27.2. The van der Waals surface area contributed by atoms with Gasteiger partial charge in [-0.3, -0.25) is 0 Å². The predicted molar refractivity (Wildman–Crippen MR) is 172 cm³/mol. The highest BCUT2D eigenvalue weighted by atomic mass is 15.0. The van der Waals surface area contributed by atoms with E-state index in [1.165, 1.54) is 32.6 Å². The van der Waals surface area contributed by atoms with Gasteiger partial charge in [-0.1, -0.05) is 121 Å². The van der Waals surface area contributed by atoms with Gasteiger partial charge in [-0.05, 0) is 58.3 Å². The first-order chi connectivity index (χ1) is 20.3. The Hall–Kier alpha value is -5.47. The van der Waals surface area contributed by atoms with Crippen molar-refractivity contribution in [3.63, 3.8) is 0 Å². The van der Waals surface area contributed by atoms with E-state index in [2.05, 4.69) is 150 Å². The number of rotatable bonds is 4. The molecule has 0 aliphatic rings. The number of pyridine rings is 1. The average Bonchev–Trinajstić information content (AvgIpc) is 3.40. The number of aromatic nitrogens is 2. The van der Waals surface area contributed by atoms with Crippen molar-refractivity contribution in [1.29, 1.82) is 0 Å². The summed E-state index contributed by atoms with van der Waals surface area (Å²) in [5.41, 5.74) is 10.1. The van der Waals surface area contributed by atoms with Gasteiger partial charge < -0.3 is 4.57 Å². The maximum atomic E-state index is 5.05. The van der Waals surface area contributed by atoms with Crippen LogP contribution in [0.4, 0.5) is 0 Å². The van der Waals surface area contributed by atoms with Crippen molar-refractivity contribution >= 4 is 32.6 Å². The lowest BCUT2D eigenvalue weighted by molar-refractivity contribution is 1.18. The van der Waals surface area contributed by atoms with Gasteiger partial charge in [0.05, 0.1) is 22.4 Å². The number of benzene rings is 6. The van der Waals surface area contributed by atoms with Crippen molar-refractivity contribution in [1.82, 2.24) is 9.55 Å². The van der Waals surface area contributed by atoms with Crippen molar-refractivity contribution in [3.8, 4) is 39.3 Å². The van der Waals surface area contributed by atoms with Gasteiger partial charge in [-0.15, -0.1) is 0 Å². The molecule has 0 atom stereocenters. The molecule has 0 saturated carbocycles. The van der Waals surface area contributed by atoms with Crippen LogP contribution in [0.15, 0.2) is 158 Å². The van der Waals surface area contributed by atoms with E-state index in [1.54, 1.807) is 0 Å². The fourth-order valence-electron chi connectivity index (χ4n) is 6.03. The molecule has 0 aliphatic heterocycles. The van der Waals surface area contributed by atoms with E-state index in [4.69, 9.17) is 4.98 Å². The molecule has 0 aliphatic carbocycles. The van der Waals surface area contributed by atoms with Gasteiger partial charge >= 0.3 is 0 Å². The Bertz CT molecular complexity index is 2120. The minimum atomic E-state index is 0.973. The van der Waals surface area contributed by atoms with Crippen LogP contribution in [0.25, 0.3) is 71.9 Å². The Labute approximate surface area is 238 Å². The Morgan fingerprint density at radius 3 is 1.66 bits per heavy atom. The largest absolute Gasteiger partial charge is 0.309 e. The molecule has 41 heavy (non-hydrogen) atoms. The first-order valence-electron chi connectivity index (χ1n) is 14.0. The molecule has 0 saturated heterocycles. The highest BCUT2D eigenvalue weighted by molar-refractivity contribution is 6.21. The van der Waals surface area contributed by atoms with Gasteiger partial charge in [-0.25, -0.2) is 4.98 Å². The predicted octanol–water partition coefficient (Wildman–Crippen LogP) is 10.3. The fourth-order valence-corrected chi connectivity index (χ4v) is 6.03. The van der Waals surface area contributed by atoms with Crippen LogP contribution in [0.1, 0.15) is 0 Å². The number of hydrogen-bond donors (Lipinski definition) is 0. The minimum Gasteiger partial charge on any atom is -0.309 e. The molecule has 192 valence electrons. The zero-order valence-electron chi connectivity index (χ0n) is 22.4. The lowest BCUT2D eigenvalue weighted by atomic mass is 10.00. The second-order valence-electron chi connectivity index (χ2n) is 10.4. The van der Waals surface area contributed by atoms with Crippen LogP contribution in [-0.4, -0.2) is 9.55 Å². The van der Waals surface area contributed by atoms with E-state index in [9.17, 15) is 0 Å². The van der Waals surface area contributed by atoms with Crippen molar-refractivity contribution in [2.75, 3.05) is 0 Å². The number of para-hydroxylation sites is 1. The average molecular weight is 523 g/mol. The van der Waals surface area contributed by atoms with Crippen LogP contribution >= 0.6 is 0 Å². The molecular weight excluding hydrogens is 496 g/mol. The number of hydrogen-bond acceptors (Lipinski definition) is 1. The van der Waals surface area contributed by atoms with E-state index in [-0.39, 0.29) is 0 Å². The molecule has 2 nitrogen and oxygen atoms in total. The van der Waals surface area contributed by atoms with Gasteiger partial charge in [0, 0.05) is 27.6 Å². The summed E-state index contributed by atoms with van der Waals surface area (Å²) in [6.07, 6.45) is 0. The third kappa shape index (κ3) is 4.00. The summed E-state index contributed by atoms with van der Waals surface area (Å²) in [6.45, 7) is 0. The molecule has 0 unspecified atom stereocenters. The SMILES string of the molecule is c1ccc(-c2cc(-c3ccc(-n4c5ccccc5c5c6ccccc6ccc54)cc3)cc(-c3ccccc3)n2)cc1. The van der Waals surface area contributed by atoms with E-state index >= 15 is 0 Å². The standard InChI is InChI=1S/C39H26N2/c1-3-12-29(13-4-1)35-25-31(26-36(40-35)30-14-5-2-6-15-30)27-19-22-32(23-20-27)41-37-18-10-9-17-34(37)39-33-16-8-7-11-28(33)21-24-38(39)41/h1-26H. The van der Waals surface area contributed by atoms with E-state index in [1.807, 2.05) is 12.1 Å². The molecular formula is C39H26N2. The molecule has 8 aromatic rings. The molecule has 0 fully saturated rings. The Kier molecular flexibility index (Phi) is 5.49. The van der Waals surface area contributed by atoms with Crippen LogP contribution in [-0.2, 0) is 0 Å². The van der Waals surface area contributed by atoms with Gasteiger partial charge in [0.1, 0.15) is 0 Å². The van der Waals surface area contributed by atoms with E-state index in [0.29, 0.717) is 0 Å². The van der Waals surface area contributed by atoms with Crippen molar-refractivity contribution in [2.24, 2.45) is 0 Å². The van der Waals surface area contributed by atoms with Crippen molar-refractivity contribution in [3.05, 3.63) is 158 Å². The Balaban J connectivity index is 1.29. The topological polar surface area (TPSA) is 17.8 Å². The third-order valence-corrected chi connectivity index (χ3v) is 7.99. The zero-order valence-corrected chi connectivity index (χ0v) is 22.4. The van der Waals surface area contributed by atoms with E-state index < -0.39 is 0 Å². The fraction of sp³-hybridized carbons (Fsp3) is 0. The maximum Gasteiger partial charge on any atom is 0.0715 e. The van der Waals surface area contributed by atoms with E-state index in [0.717, 1.165) is 39.3 Å². The van der Waals surface area contributed by atoms with Gasteiger partial charge in [0.15, 0.2) is 0 Å². The lowest BCUT2D eigenvalue weighted by Gasteiger charge is -2.12. The Morgan fingerprint density at radius 1 is 0.390 bits per heavy atom. The highest BCUT2D eigenvalue weighted by Gasteiger charge is 2.15. The normalized spacial score (nSPS) is 11.4. The van der Waals surface area contributed by atoms with Crippen molar-refractivity contribution in [2.45, 2.75) is 0 Å². The van der Waals surface area contributed by atoms with Crippen LogP contribution in [0.3, 0.4) is 0 Å². The molecule has 0 N–H and O–H groups in total. The third-order valence-electron chi connectivity index (χ3n) is 7.99. The molecule has 0 radical (unpaired) electrons.